The van der Waals surface area contributed by atoms with Gasteiger partial charge in [0.1, 0.15) is 0 Å². The average Bonchev–Trinajstić information content (AvgIpc) is 2.80. The third kappa shape index (κ3) is 2.39. The van der Waals surface area contributed by atoms with Gasteiger partial charge in [-0.05, 0) is 13.0 Å². The molecule has 0 spiro atoms. The molecule has 0 amide bonds. The number of nitrogens with zero attached hydrogens (tertiary/aromatic N) is 2. The van der Waals surface area contributed by atoms with Crippen molar-refractivity contribution in [3.05, 3.63) is 34.6 Å². The van der Waals surface area contributed by atoms with Crippen molar-refractivity contribution < 1.29 is 13.9 Å². The summed E-state index contributed by atoms with van der Waals surface area (Å²) in [6.07, 6.45) is 1.42. The second-order valence-electron chi connectivity index (χ2n) is 3.07. The minimum Gasteiger partial charge on any atom is -0.459 e. The fourth-order valence-electron chi connectivity index (χ4n) is 1.16. The molecule has 2 aromatic heterocycles. The first-order valence-electron chi connectivity index (χ1n) is 4.90. The van der Waals surface area contributed by atoms with Crippen molar-refractivity contribution in [2.75, 3.05) is 6.61 Å². The fourth-order valence-corrected chi connectivity index (χ4v) is 1.16. The quantitative estimate of drug-likeness (QED) is 0.782. The number of aromatic amines is 1. The molecule has 0 atom stereocenters. The van der Waals surface area contributed by atoms with Crippen LogP contribution in [0.5, 0.6) is 0 Å². The van der Waals surface area contributed by atoms with Crippen molar-refractivity contribution >= 4 is 5.97 Å². The van der Waals surface area contributed by atoms with E-state index >= 15 is 0 Å². The van der Waals surface area contributed by atoms with Gasteiger partial charge in [0.05, 0.1) is 12.2 Å². The Morgan fingerprint density at radius 3 is 2.94 bits per heavy atom. The fraction of sp³-hybridized carbons (Fsp3) is 0.200. The Bertz CT molecular complexity index is 567. The number of aromatic nitrogens is 3. The summed E-state index contributed by atoms with van der Waals surface area (Å²) >= 11 is 0. The van der Waals surface area contributed by atoms with E-state index in [1.165, 1.54) is 18.3 Å². The van der Waals surface area contributed by atoms with Gasteiger partial charge in [0.25, 0.3) is 0 Å². The summed E-state index contributed by atoms with van der Waals surface area (Å²) in [6, 6.07) is 2.84. The van der Waals surface area contributed by atoms with E-state index in [0.717, 1.165) is 0 Å². The lowest BCUT2D eigenvalue weighted by molar-refractivity contribution is 0.0481. The summed E-state index contributed by atoms with van der Waals surface area (Å²) in [5.74, 6) is -0.743. The molecule has 17 heavy (non-hydrogen) atoms. The van der Waals surface area contributed by atoms with Gasteiger partial charge in [0.2, 0.25) is 11.4 Å². The molecule has 0 aromatic carbocycles. The molecule has 0 unspecified atom stereocenters. The SMILES string of the molecule is CCOC(=O)c1nnc(-c2ccc(=O)[nH]c2)o1. The van der Waals surface area contributed by atoms with Crippen LogP contribution >= 0.6 is 0 Å². The number of hydrogen-bond donors (Lipinski definition) is 1. The van der Waals surface area contributed by atoms with E-state index in [1.807, 2.05) is 0 Å². The number of esters is 1. The lowest BCUT2D eigenvalue weighted by Crippen LogP contribution is -2.04. The summed E-state index contributed by atoms with van der Waals surface area (Å²) in [5, 5.41) is 7.23. The molecule has 7 nitrogen and oxygen atoms in total. The summed E-state index contributed by atoms with van der Waals surface area (Å²) in [6.45, 7) is 1.91. The first-order valence-corrected chi connectivity index (χ1v) is 4.90. The number of ether oxygens (including phenoxy) is 1. The van der Waals surface area contributed by atoms with Gasteiger partial charge >= 0.3 is 11.9 Å². The maximum absolute atomic E-state index is 11.3. The van der Waals surface area contributed by atoms with Gasteiger partial charge < -0.3 is 14.1 Å². The molecule has 2 rings (SSSR count). The Labute approximate surface area is 95.4 Å². The van der Waals surface area contributed by atoms with E-state index in [2.05, 4.69) is 15.2 Å². The van der Waals surface area contributed by atoms with Crippen LogP contribution in [0.4, 0.5) is 0 Å². The van der Waals surface area contributed by atoms with Gasteiger partial charge in [0.15, 0.2) is 0 Å². The molecular formula is C10H9N3O4. The molecule has 0 saturated heterocycles. The highest BCUT2D eigenvalue weighted by atomic mass is 16.5. The first-order chi connectivity index (χ1) is 8.20. The first kappa shape index (κ1) is 11.1. The van der Waals surface area contributed by atoms with E-state index in [9.17, 15) is 9.59 Å². The predicted molar refractivity (Wildman–Crippen MR) is 56.3 cm³/mol. The highest BCUT2D eigenvalue weighted by molar-refractivity contribution is 5.84. The van der Waals surface area contributed by atoms with Crippen molar-refractivity contribution in [3.63, 3.8) is 0 Å². The largest absolute Gasteiger partial charge is 0.459 e. The third-order valence-electron chi connectivity index (χ3n) is 1.91. The molecule has 7 heteroatoms. The Balaban J connectivity index is 2.26. The number of hydrogen-bond acceptors (Lipinski definition) is 6. The minimum absolute atomic E-state index is 0.143. The molecular weight excluding hydrogens is 226 g/mol. The second-order valence-corrected chi connectivity index (χ2v) is 3.07. The molecule has 0 fully saturated rings. The lowest BCUT2D eigenvalue weighted by Gasteiger charge is -1.94. The minimum atomic E-state index is -0.671. The molecule has 0 aliphatic carbocycles. The Morgan fingerprint density at radius 2 is 2.29 bits per heavy atom. The molecule has 2 aromatic rings. The smallest absolute Gasteiger partial charge is 0.396 e. The Morgan fingerprint density at radius 1 is 1.47 bits per heavy atom. The van der Waals surface area contributed by atoms with Crippen molar-refractivity contribution in [2.24, 2.45) is 0 Å². The molecule has 0 bridgehead atoms. The molecule has 88 valence electrons. The third-order valence-corrected chi connectivity index (χ3v) is 1.91. The lowest BCUT2D eigenvalue weighted by atomic mass is 10.3. The van der Waals surface area contributed by atoms with Crippen LogP contribution in [0.25, 0.3) is 11.5 Å². The van der Waals surface area contributed by atoms with Gasteiger partial charge in [-0.2, -0.15) is 0 Å². The van der Waals surface area contributed by atoms with Crippen LogP contribution in [0.3, 0.4) is 0 Å². The zero-order valence-electron chi connectivity index (χ0n) is 8.97. The van der Waals surface area contributed by atoms with Crippen molar-refractivity contribution in [2.45, 2.75) is 6.92 Å². The van der Waals surface area contributed by atoms with Crippen molar-refractivity contribution in [3.8, 4) is 11.5 Å². The highest BCUT2D eigenvalue weighted by Gasteiger charge is 2.16. The zero-order chi connectivity index (χ0) is 12.3. The van der Waals surface area contributed by atoms with E-state index in [0.29, 0.717) is 5.56 Å². The molecule has 0 radical (unpaired) electrons. The van der Waals surface area contributed by atoms with Crippen LogP contribution in [-0.4, -0.2) is 27.8 Å². The normalized spacial score (nSPS) is 10.2. The maximum Gasteiger partial charge on any atom is 0.396 e. The van der Waals surface area contributed by atoms with Gasteiger partial charge in [-0.15, -0.1) is 10.2 Å². The molecule has 2 heterocycles. The van der Waals surface area contributed by atoms with Crippen LogP contribution < -0.4 is 5.56 Å². The van der Waals surface area contributed by atoms with E-state index in [-0.39, 0.29) is 23.9 Å². The standard InChI is InChI=1S/C10H9N3O4/c1-2-16-10(15)9-13-12-8(17-9)6-3-4-7(14)11-5-6/h3-5H,2H2,1H3,(H,11,14). The number of nitrogens with one attached hydrogen (secondary N) is 1. The van der Waals surface area contributed by atoms with Gasteiger partial charge in [-0.25, -0.2) is 4.79 Å². The molecule has 0 aliphatic heterocycles. The van der Waals surface area contributed by atoms with E-state index < -0.39 is 5.97 Å². The topological polar surface area (TPSA) is 98.1 Å². The number of carbonyl (C=O) groups is 1. The molecule has 0 aliphatic rings. The Hall–Kier alpha value is -2.44. The maximum atomic E-state index is 11.3. The summed E-state index contributed by atoms with van der Waals surface area (Å²) in [7, 11) is 0. The number of H-pyrrole nitrogens is 1. The van der Waals surface area contributed by atoms with E-state index in [4.69, 9.17) is 9.15 Å². The summed E-state index contributed by atoms with van der Waals surface area (Å²) in [5.41, 5.74) is 0.284. The number of pyridine rings is 1. The average molecular weight is 235 g/mol. The van der Waals surface area contributed by atoms with Crippen LogP contribution in [0.2, 0.25) is 0 Å². The van der Waals surface area contributed by atoms with Crippen molar-refractivity contribution in [1.82, 2.24) is 15.2 Å². The van der Waals surface area contributed by atoms with Gasteiger partial charge in [-0.1, -0.05) is 0 Å². The van der Waals surface area contributed by atoms with Crippen molar-refractivity contribution in [1.29, 1.82) is 0 Å². The van der Waals surface area contributed by atoms with Crippen LogP contribution in [0.1, 0.15) is 17.6 Å². The van der Waals surface area contributed by atoms with Crippen LogP contribution in [0.15, 0.2) is 27.5 Å². The van der Waals surface area contributed by atoms with E-state index in [1.54, 1.807) is 6.92 Å². The zero-order valence-corrected chi connectivity index (χ0v) is 8.97. The summed E-state index contributed by atoms with van der Waals surface area (Å²) in [4.78, 5) is 24.6. The Kier molecular flexibility index (Phi) is 2.99. The molecule has 1 N–H and O–H groups in total. The number of carbonyl (C=O) groups excluding carboxylic acids is 1. The van der Waals surface area contributed by atoms with Crippen LogP contribution in [0, 0.1) is 0 Å². The van der Waals surface area contributed by atoms with Gasteiger partial charge in [-0.3, -0.25) is 4.79 Å². The van der Waals surface area contributed by atoms with Crippen LogP contribution in [-0.2, 0) is 4.74 Å². The summed E-state index contributed by atoms with van der Waals surface area (Å²) < 4.78 is 9.81. The molecule has 0 saturated carbocycles. The second kappa shape index (κ2) is 4.60. The predicted octanol–water partition coefficient (Wildman–Crippen LogP) is 0.602. The number of rotatable bonds is 3. The highest BCUT2D eigenvalue weighted by Crippen LogP contribution is 2.15. The van der Waals surface area contributed by atoms with Gasteiger partial charge in [0, 0.05) is 12.3 Å². The monoisotopic (exact) mass is 235 g/mol.